The predicted octanol–water partition coefficient (Wildman–Crippen LogP) is 5.65. The summed E-state index contributed by atoms with van der Waals surface area (Å²) in [6.07, 6.45) is 0.930. The summed E-state index contributed by atoms with van der Waals surface area (Å²) in [4.78, 5) is 4.41. The molecular weight excluding hydrogens is 471 g/mol. The molecular formula is C26H20ClFN4O3. The number of nitrogens with zero attached hydrogens (tertiary/aromatic N) is 3. The molecule has 9 heteroatoms. The Morgan fingerprint density at radius 3 is 2.63 bits per heavy atom. The number of halogens is 2. The number of fused-ring (bicyclic) bond motifs is 3. The van der Waals surface area contributed by atoms with Gasteiger partial charge in [-0.3, -0.25) is 0 Å². The van der Waals surface area contributed by atoms with Crippen LogP contribution >= 0.6 is 11.6 Å². The van der Waals surface area contributed by atoms with E-state index in [-0.39, 0.29) is 5.82 Å². The van der Waals surface area contributed by atoms with E-state index in [1.165, 1.54) is 18.5 Å². The van der Waals surface area contributed by atoms with Gasteiger partial charge in [0.15, 0.2) is 6.10 Å². The Morgan fingerprint density at radius 1 is 1.03 bits per heavy atom. The first-order valence-corrected chi connectivity index (χ1v) is 11.3. The topological polar surface area (TPSA) is 70.4 Å². The lowest BCUT2D eigenvalue weighted by molar-refractivity contribution is 0.217. The molecule has 0 radical (unpaired) electrons. The van der Waals surface area contributed by atoms with Crippen LogP contribution in [0.3, 0.4) is 0 Å². The molecule has 3 heterocycles. The minimum absolute atomic E-state index is 0.318. The van der Waals surface area contributed by atoms with Gasteiger partial charge in [0, 0.05) is 27.8 Å². The Kier molecular flexibility index (Phi) is 5.11. The van der Waals surface area contributed by atoms with Crippen molar-refractivity contribution in [1.29, 1.82) is 0 Å². The van der Waals surface area contributed by atoms with Crippen LogP contribution in [0, 0.1) is 5.82 Å². The number of hydrogen-bond acceptors (Lipinski definition) is 6. The summed E-state index contributed by atoms with van der Waals surface area (Å²) in [6.45, 7) is 0. The molecule has 176 valence electrons. The lowest BCUT2D eigenvalue weighted by Gasteiger charge is -2.39. The van der Waals surface area contributed by atoms with Gasteiger partial charge < -0.3 is 19.5 Å². The number of benzene rings is 3. The molecule has 1 aromatic heterocycles. The smallest absolute Gasteiger partial charge is 0.226 e. The van der Waals surface area contributed by atoms with Crippen molar-refractivity contribution in [3.8, 4) is 17.2 Å². The van der Waals surface area contributed by atoms with Crippen LogP contribution in [-0.2, 0) is 0 Å². The highest BCUT2D eigenvalue weighted by Crippen LogP contribution is 2.52. The van der Waals surface area contributed by atoms with Gasteiger partial charge in [0.25, 0.3) is 0 Å². The second-order valence-corrected chi connectivity index (χ2v) is 8.62. The van der Waals surface area contributed by atoms with Crippen LogP contribution in [0.4, 0.5) is 10.3 Å². The SMILES string of the molecule is COc1ccc([C@H]2Oc3ccc(Cl)cc3C3=C2[C@H](c2ccc(F)cc2)n2ncnc2N3)c(OC)c1. The highest BCUT2D eigenvalue weighted by Gasteiger charge is 2.42. The van der Waals surface area contributed by atoms with Crippen LogP contribution < -0.4 is 19.5 Å². The lowest BCUT2D eigenvalue weighted by Crippen LogP contribution is -2.32. The Balaban J connectivity index is 1.63. The molecule has 0 unspecified atom stereocenters. The Bertz CT molecular complexity index is 1470. The van der Waals surface area contributed by atoms with Gasteiger partial charge in [-0.25, -0.2) is 9.07 Å². The normalized spacial score (nSPS) is 18.1. The van der Waals surface area contributed by atoms with E-state index < -0.39 is 12.1 Å². The van der Waals surface area contributed by atoms with Crippen LogP contribution in [0.15, 0.2) is 72.6 Å². The van der Waals surface area contributed by atoms with Gasteiger partial charge in [0.2, 0.25) is 5.95 Å². The summed E-state index contributed by atoms with van der Waals surface area (Å²) < 4.78 is 33.4. The maximum atomic E-state index is 13.8. The van der Waals surface area contributed by atoms with E-state index in [0.717, 1.165) is 28.0 Å². The summed E-state index contributed by atoms with van der Waals surface area (Å²) >= 11 is 6.38. The largest absolute Gasteiger partial charge is 0.497 e. The van der Waals surface area contributed by atoms with E-state index >= 15 is 0 Å². The van der Waals surface area contributed by atoms with Crippen molar-refractivity contribution in [2.75, 3.05) is 19.5 Å². The molecule has 2 aliphatic rings. The minimum atomic E-state index is -0.556. The number of methoxy groups -OCH3 is 2. The fourth-order valence-corrected chi connectivity index (χ4v) is 4.87. The first kappa shape index (κ1) is 21.5. The number of rotatable bonds is 4. The maximum Gasteiger partial charge on any atom is 0.226 e. The van der Waals surface area contributed by atoms with Crippen LogP contribution in [-0.4, -0.2) is 29.0 Å². The van der Waals surface area contributed by atoms with E-state index in [0.29, 0.717) is 28.2 Å². The molecule has 0 aliphatic carbocycles. The summed E-state index contributed by atoms with van der Waals surface area (Å²) in [6, 6.07) is 17.0. The second kappa shape index (κ2) is 8.32. The zero-order valence-corrected chi connectivity index (χ0v) is 19.6. The van der Waals surface area contributed by atoms with Gasteiger partial charge in [-0.2, -0.15) is 10.1 Å². The number of anilines is 1. The zero-order valence-electron chi connectivity index (χ0n) is 18.8. The third-order valence-corrected chi connectivity index (χ3v) is 6.52. The Hall–Kier alpha value is -4.04. The van der Waals surface area contributed by atoms with Gasteiger partial charge in [-0.1, -0.05) is 23.7 Å². The standard InChI is InChI=1S/C26H20ClFN4O3/c1-33-17-8-9-18(21(12-17)34-2)25-22-23(19-11-15(27)5-10-20(19)35-25)31-26-29-13-30-32(26)24(22)14-3-6-16(28)7-4-14/h3-13,24-25H,1-2H3,(H,29,30,31)/t24-,25+/m0/s1. The molecule has 0 saturated carbocycles. The summed E-state index contributed by atoms with van der Waals surface area (Å²) in [5.74, 6) is 2.18. The fraction of sp³-hybridized carbons (Fsp3) is 0.154. The van der Waals surface area contributed by atoms with Crippen molar-refractivity contribution >= 4 is 23.2 Å². The van der Waals surface area contributed by atoms with E-state index in [1.54, 1.807) is 37.1 Å². The first-order chi connectivity index (χ1) is 17.1. The molecule has 0 amide bonds. The minimum Gasteiger partial charge on any atom is -0.497 e. The molecule has 0 saturated heterocycles. The third kappa shape index (κ3) is 3.49. The second-order valence-electron chi connectivity index (χ2n) is 8.18. The average Bonchev–Trinajstić information content (AvgIpc) is 3.36. The van der Waals surface area contributed by atoms with E-state index in [4.69, 9.17) is 25.8 Å². The third-order valence-electron chi connectivity index (χ3n) is 6.28. The molecule has 35 heavy (non-hydrogen) atoms. The molecule has 3 aromatic carbocycles. The number of nitrogens with one attached hydrogen (secondary N) is 1. The van der Waals surface area contributed by atoms with E-state index in [2.05, 4.69) is 15.4 Å². The summed E-state index contributed by atoms with van der Waals surface area (Å²) in [7, 11) is 3.21. The highest BCUT2D eigenvalue weighted by molar-refractivity contribution is 6.30. The van der Waals surface area contributed by atoms with Crippen molar-refractivity contribution < 1.29 is 18.6 Å². The van der Waals surface area contributed by atoms with Gasteiger partial charge in [0.1, 0.15) is 35.4 Å². The highest BCUT2D eigenvalue weighted by atomic mass is 35.5. The van der Waals surface area contributed by atoms with Gasteiger partial charge in [0.05, 0.1) is 19.9 Å². The summed E-state index contributed by atoms with van der Waals surface area (Å²) in [5.41, 5.74) is 4.12. The average molecular weight is 491 g/mol. The van der Waals surface area contributed by atoms with Crippen LogP contribution in [0.25, 0.3) is 5.70 Å². The van der Waals surface area contributed by atoms with E-state index in [9.17, 15) is 4.39 Å². The van der Waals surface area contributed by atoms with Crippen molar-refractivity contribution in [3.63, 3.8) is 0 Å². The van der Waals surface area contributed by atoms with Gasteiger partial charge in [-0.05, 0) is 48.0 Å². The van der Waals surface area contributed by atoms with Crippen molar-refractivity contribution in [3.05, 3.63) is 100 Å². The van der Waals surface area contributed by atoms with Crippen molar-refractivity contribution in [2.45, 2.75) is 12.1 Å². The van der Waals surface area contributed by atoms with Crippen LogP contribution in [0.5, 0.6) is 17.2 Å². The quantitative estimate of drug-likeness (QED) is 0.399. The summed E-state index contributed by atoms with van der Waals surface area (Å²) in [5, 5.41) is 8.48. The molecule has 0 fully saturated rings. The predicted molar refractivity (Wildman–Crippen MR) is 129 cm³/mol. The Morgan fingerprint density at radius 2 is 1.86 bits per heavy atom. The van der Waals surface area contributed by atoms with Crippen molar-refractivity contribution in [2.24, 2.45) is 0 Å². The monoisotopic (exact) mass is 490 g/mol. The number of ether oxygens (including phenoxy) is 3. The molecule has 0 spiro atoms. The number of hydrogen-bond donors (Lipinski definition) is 1. The first-order valence-electron chi connectivity index (χ1n) is 10.9. The number of aromatic nitrogens is 3. The van der Waals surface area contributed by atoms with Gasteiger partial charge in [-0.15, -0.1) is 0 Å². The molecule has 6 rings (SSSR count). The zero-order chi connectivity index (χ0) is 24.1. The molecule has 4 aromatic rings. The lowest BCUT2D eigenvalue weighted by atomic mass is 9.84. The fourth-order valence-electron chi connectivity index (χ4n) is 4.70. The molecule has 2 aliphatic heterocycles. The van der Waals surface area contributed by atoms with Gasteiger partial charge >= 0.3 is 0 Å². The molecule has 0 bridgehead atoms. The molecule has 1 N–H and O–H groups in total. The van der Waals surface area contributed by atoms with Crippen LogP contribution in [0.2, 0.25) is 5.02 Å². The van der Waals surface area contributed by atoms with E-state index in [1.807, 2.05) is 30.3 Å². The molecule has 7 nitrogen and oxygen atoms in total. The van der Waals surface area contributed by atoms with Crippen LogP contribution in [0.1, 0.15) is 28.8 Å². The Labute approximate surface area is 205 Å². The maximum absolute atomic E-state index is 13.8. The molecule has 2 atom stereocenters. The van der Waals surface area contributed by atoms with Crippen molar-refractivity contribution in [1.82, 2.24) is 14.8 Å².